The summed E-state index contributed by atoms with van der Waals surface area (Å²) in [7, 11) is 0. The molecule has 10 heteroatoms. The Hall–Kier alpha value is -2.88. The molecule has 0 fully saturated rings. The second-order valence-electron chi connectivity index (χ2n) is 5.08. The summed E-state index contributed by atoms with van der Waals surface area (Å²) in [5.74, 6) is -1.62. The number of hydrogen-bond acceptors (Lipinski definition) is 7. The molecule has 0 aliphatic heterocycles. The topological polar surface area (TPSA) is 109 Å². The van der Waals surface area contributed by atoms with E-state index >= 15 is 0 Å². The van der Waals surface area contributed by atoms with E-state index in [1.807, 2.05) is 0 Å². The van der Waals surface area contributed by atoms with E-state index in [1.54, 1.807) is 6.92 Å². The first-order valence-electron chi connectivity index (χ1n) is 7.10. The number of ether oxygens (including phenoxy) is 1. The number of halogens is 2. The zero-order chi connectivity index (χ0) is 17.1. The van der Waals surface area contributed by atoms with E-state index in [0.29, 0.717) is 11.3 Å². The third-order valence-electron chi connectivity index (χ3n) is 3.21. The Bertz CT molecular complexity index is 856. The van der Waals surface area contributed by atoms with Gasteiger partial charge in [-0.05, 0) is 13.0 Å². The maximum absolute atomic E-state index is 13.6. The van der Waals surface area contributed by atoms with Gasteiger partial charge < -0.3 is 15.2 Å². The van der Waals surface area contributed by atoms with Crippen molar-refractivity contribution in [2.75, 3.05) is 11.9 Å². The van der Waals surface area contributed by atoms with Crippen molar-refractivity contribution in [1.29, 1.82) is 0 Å². The van der Waals surface area contributed by atoms with Crippen LogP contribution in [0.15, 0.2) is 18.2 Å². The highest BCUT2D eigenvalue weighted by atomic mass is 19.2. The number of aromatic amines is 1. The lowest BCUT2D eigenvalue weighted by Crippen LogP contribution is -2.20. The Labute approximate surface area is 134 Å². The van der Waals surface area contributed by atoms with Gasteiger partial charge in [0.2, 0.25) is 5.65 Å². The number of aliphatic hydroxyl groups is 1. The summed E-state index contributed by atoms with van der Waals surface area (Å²) in [6, 6.07) is 3.45. The molecule has 0 spiro atoms. The second-order valence-corrected chi connectivity index (χ2v) is 5.08. The molecule has 2 aromatic heterocycles. The second kappa shape index (κ2) is 6.71. The van der Waals surface area contributed by atoms with Gasteiger partial charge >= 0.3 is 6.01 Å². The molecule has 24 heavy (non-hydrogen) atoms. The smallest absolute Gasteiger partial charge is 0.320 e. The van der Waals surface area contributed by atoms with Gasteiger partial charge in [0.05, 0.1) is 6.61 Å². The fraction of sp³-hybridized carbons (Fsp3) is 0.286. The van der Waals surface area contributed by atoms with Crippen molar-refractivity contribution < 1.29 is 18.6 Å². The minimum Gasteiger partial charge on any atom is -0.458 e. The average molecular weight is 336 g/mol. The number of aromatic nitrogens is 5. The van der Waals surface area contributed by atoms with Gasteiger partial charge in [-0.3, -0.25) is 0 Å². The van der Waals surface area contributed by atoms with Crippen molar-refractivity contribution in [3.63, 3.8) is 0 Å². The normalized spacial score (nSPS) is 12.3. The quantitative estimate of drug-likeness (QED) is 0.624. The van der Waals surface area contributed by atoms with Gasteiger partial charge in [0.1, 0.15) is 6.61 Å². The number of H-pyrrole nitrogens is 1. The predicted molar refractivity (Wildman–Crippen MR) is 80.3 cm³/mol. The minimum absolute atomic E-state index is 0.0390. The Morgan fingerprint density at radius 3 is 2.92 bits per heavy atom. The van der Waals surface area contributed by atoms with E-state index in [9.17, 15) is 8.78 Å². The maximum Gasteiger partial charge on any atom is 0.320 e. The first-order valence-corrected chi connectivity index (χ1v) is 7.10. The molecule has 0 aliphatic rings. The molecule has 126 valence electrons. The van der Waals surface area contributed by atoms with Crippen molar-refractivity contribution in [1.82, 2.24) is 25.4 Å². The minimum atomic E-state index is -0.979. The number of anilines is 1. The van der Waals surface area contributed by atoms with Gasteiger partial charge in [0, 0.05) is 11.6 Å². The third kappa shape index (κ3) is 3.23. The molecule has 8 nitrogen and oxygen atoms in total. The molecule has 0 bridgehead atoms. The summed E-state index contributed by atoms with van der Waals surface area (Å²) in [6.45, 7) is 1.38. The van der Waals surface area contributed by atoms with Gasteiger partial charge in [0.25, 0.3) is 0 Å². The fourth-order valence-electron chi connectivity index (χ4n) is 1.97. The molecular formula is C14H14F2N6O2. The molecule has 0 saturated heterocycles. The molecule has 0 unspecified atom stereocenters. The summed E-state index contributed by atoms with van der Waals surface area (Å²) >= 11 is 0. The van der Waals surface area contributed by atoms with Crippen LogP contribution in [0.4, 0.5) is 14.6 Å². The zero-order valence-electron chi connectivity index (χ0n) is 12.6. The molecule has 3 rings (SSSR count). The van der Waals surface area contributed by atoms with Crippen molar-refractivity contribution in [2.24, 2.45) is 0 Å². The lowest BCUT2D eigenvalue weighted by molar-refractivity contribution is 0.273. The van der Waals surface area contributed by atoms with Crippen LogP contribution in [0.3, 0.4) is 0 Å². The standard InChI is InChI=1S/C14H14F2N6O2/c1-7(5-23)17-12-11-13(21-22-20-11)19-14(18-12)24-6-8-3-2-4-9(15)10(8)16/h2-4,7,23H,5-6H2,1H3,(H2,17,18,19,20,21,22)/t7-/m1/s1. The Morgan fingerprint density at radius 2 is 2.12 bits per heavy atom. The number of nitrogens with one attached hydrogen (secondary N) is 2. The number of benzene rings is 1. The van der Waals surface area contributed by atoms with Crippen molar-refractivity contribution >= 4 is 17.0 Å². The van der Waals surface area contributed by atoms with E-state index in [2.05, 4.69) is 30.7 Å². The average Bonchev–Trinajstić information content (AvgIpc) is 3.05. The van der Waals surface area contributed by atoms with Crippen LogP contribution in [0, 0.1) is 11.6 Å². The van der Waals surface area contributed by atoms with Crippen molar-refractivity contribution in [2.45, 2.75) is 19.6 Å². The monoisotopic (exact) mass is 336 g/mol. The maximum atomic E-state index is 13.6. The molecule has 0 radical (unpaired) electrons. The van der Waals surface area contributed by atoms with Gasteiger partial charge in [-0.15, -0.1) is 5.10 Å². The van der Waals surface area contributed by atoms with E-state index in [1.165, 1.54) is 12.1 Å². The number of nitrogens with zero attached hydrogens (tertiary/aromatic N) is 4. The Balaban J connectivity index is 1.85. The SMILES string of the molecule is C[C@H](CO)Nc1nc(OCc2cccc(F)c2F)nc2n[nH]nc12. The highest BCUT2D eigenvalue weighted by molar-refractivity contribution is 5.82. The van der Waals surface area contributed by atoms with E-state index < -0.39 is 11.6 Å². The highest BCUT2D eigenvalue weighted by Crippen LogP contribution is 2.21. The molecule has 0 aliphatic carbocycles. The molecular weight excluding hydrogens is 322 g/mol. The van der Waals surface area contributed by atoms with Gasteiger partial charge in [0.15, 0.2) is 23.0 Å². The fourth-order valence-corrected chi connectivity index (χ4v) is 1.97. The summed E-state index contributed by atoms with van der Waals surface area (Å²) in [5, 5.41) is 22.3. The molecule has 3 aromatic rings. The van der Waals surface area contributed by atoms with Crippen LogP contribution >= 0.6 is 0 Å². The molecule has 0 saturated carbocycles. The van der Waals surface area contributed by atoms with E-state index in [4.69, 9.17) is 9.84 Å². The van der Waals surface area contributed by atoms with Gasteiger partial charge in [-0.1, -0.05) is 12.1 Å². The Kier molecular flexibility index (Phi) is 4.47. The number of rotatable bonds is 6. The summed E-state index contributed by atoms with van der Waals surface area (Å²) in [6.07, 6.45) is 0. The lowest BCUT2D eigenvalue weighted by atomic mass is 10.2. The first-order chi connectivity index (χ1) is 11.6. The predicted octanol–water partition coefficient (Wildman–Crippen LogP) is 1.40. The number of hydrogen-bond donors (Lipinski definition) is 3. The van der Waals surface area contributed by atoms with Crippen molar-refractivity contribution in [3.8, 4) is 6.01 Å². The van der Waals surface area contributed by atoms with Crippen LogP contribution < -0.4 is 10.1 Å². The lowest BCUT2D eigenvalue weighted by Gasteiger charge is -2.12. The molecule has 3 N–H and O–H groups in total. The summed E-state index contributed by atoms with van der Waals surface area (Å²) in [4.78, 5) is 8.17. The van der Waals surface area contributed by atoms with E-state index in [-0.39, 0.29) is 36.5 Å². The third-order valence-corrected chi connectivity index (χ3v) is 3.21. The van der Waals surface area contributed by atoms with Gasteiger partial charge in [-0.2, -0.15) is 20.3 Å². The zero-order valence-corrected chi connectivity index (χ0v) is 12.6. The number of fused-ring (bicyclic) bond motifs is 1. The van der Waals surface area contributed by atoms with Crippen LogP contribution in [0.2, 0.25) is 0 Å². The largest absolute Gasteiger partial charge is 0.458 e. The van der Waals surface area contributed by atoms with Crippen LogP contribution in [-0.4, -0.2) is 43.1 Å². The van der Waals surface area contributed by atoms with Crippen LogP contribution in [-0.2, 0) is 6.61 Å². The molecule has 1 atom stereocenters. The van der Waals surface area contributed by atoms with Crippen LogP contribution in [0.1, 0.15) is 12.5 Å². The van der Waals surface area contributed by atoms with Gasteiger partial charge in [-0.25, -0.2) is 8.78 Å². The molecule has 2 heterocycles. The van der Waals surface area contributed by atoms with E-state index in [0.717, 1.165) is 6.07 Å². The van der Waals surface area contributed by atoms with Crippen LogP contribution in [0.5, 0.6) is 6.01 Å². The highest BCUT2D eigenvalue weighted by Gasteiger charge is 2.15. The van der Waals surface area contributed by atoms with Crippen molar-refractivity contribution in [3.05, 3.63) is 35.4 Å². The molecule has 0 amide bonds. The Morgan fingerprint density at radius 1 is 1.29 bits per heavy atom. The first kappa shape index (κ1) is 16.0. The number of aliphatic hydroxyl groups excluding tert-OH is 1. The summed E-state index contributed by atoms with van der Waals surface area (Å²) in [5.41, 5.74) is 0.657. The van der Waals surface area contributed by atoms with Crippen LogP contribution in [0.25, 0.3) is 11.2 Å². The molecule has 1 aromatic carbocycles. The summed E-state index contributed by atoms with van der Waals surface area (Å²) < 4.78 is 32.2.